The Bertz CT molecular complexity index is 1280. The zero-order chi connectivity index (χ0) is 21.3. The molecule has 2 aromatic carbocycles. The van der Waals surface area contributed by atoms with Crippen LogP contribution in [0.4, 0.5) is 0 Å². The van der Waals surface area contributed by atoms with Gasteiger partial charge in [0.15, 0.2) is 0 Å². The largest absolute Gasteiger partial charge is 0.382 e. The molecule has 3 aromatic rings. The molecule has 0 spiro atoms. The molecule has 1 heterocycles. The summed E-state index contributed by atoms with van der Waals surface area (Å²) in [6.07, 6.45) is 1.35. The highest BCUT2D eigenvalue weighted by atomic mass is 35.5. The van der Waals surface area contributed by atoms with Crippen LogP contribution in [-0.4, -0.2) is 37.2 Å². The second kappa shape index (κ2) is 7.74. The number of ketones is 1. The number of aryl methyl sites for hydroxylation is 1. The lowest BCUT2D eigenvalue weighted by molar-refractivity contribution is 0.103. The van der Waals surface area contributed by atoms with Crippen LogP contribution >= 0.6 is 11.6 Å². The number of rotatable bonds is 5. The van der Waals surface area contributed by atoms with Gasteiger partial charge < -0.3 is 4.90 Å². The predicted molar refractivity (Wildman–Crippen MR) is 112 cm³/mol. The van der Waals surface area contributed by atoms with Crippen molar-refractivity contribution in [3.63, 3.8) is 0 Å². The number of aromatic nitrogens is 1. The Labute approximate surface area is 174 Å². The fourth-order valence-corrected chi connectivity index (χ4v) is 4.67. The number of nitrogens with zero attached hydrogens (tertiary/aromatic N) is 3. The van der Waals surface area contributed by atoms with Crippen molar-refractivity contribution in [3.8, 4) is 6.07 Å². The quantitative estimate of drug-likeness (QED) is 0.349. The van der Waals surface area contributed by atoms with Crippen LogP contribution < -0.4 is 0 Å². The van der Waals surface area contributed by atoms with Crippen LogP contribution in [0, 0.1) is 18.3 Å². The molecule has 0 aliphatic heterocycles. The van der Waals surface area contributed by atoms with E-state index in [1.807, 2.05) is 13.0 Å². The molecule has 1 aromatic heterocycles. The van der Waals surface area contributed by atoms with Gasteiger partial charge in [-0.2, -0.15) is 5.26 Å². The third kappa shape index (κ3) is 3.77. The molecule has 0 aliphatic carbocycles. The van der Waals surface area contributed by atoms with Gasteiger partial charge in [-0.1, -0.05) is 35.4 Å². The Morgan fingerprint density at radius 1 is 1.17 bits per heavy atom. The van der Waals surface area contributed by atoms with E-state index in [1.54, 1.807) is 49.3 Å². The molecular weight excluding hydrogens is 410 g/mol. The number of fused-ring (bicyclic) bond motifs is 1. The minimum atomic E-state index is -4.11. The van der Waals surface area contributed by atoms with E-state index < -0.39 is 15.8 Å². The second-order valence-corrected chi connectivity index (χ2v) is 8.93. The van der Waals surface area contributed by atoms with Gasteiger partial charge in [0.05, 0.1) is 10.4 Å². The Morgan fingerprint density at radius 2 is 1.83 bits per heavy atom. The Hall–Kier alpha value is -3.08. The van der Waals surface area contributed by atoms with Crippen LogP contribution in [-0.2, 0) is 10.0 Å². The molecule has 0 saturated carbocycles. The summed E-state index contributed by atoms with van der Waals surface area (Å²) in [6, 6.07) is 14.4. The maximum absolute atomic E-state index is 13.4. The monoisotopic (exact) mass is 427 g/mol. The normalized spacial score (nSPS) is 12.0. The van der Waals surface area contributed by atoms with Gasteiger partial charge in [-0.25, -0.2) is 12.4 Å². The molecule has 0 unspecified atom stereocenters. The average molecular weight is 428 g/mol. The van der Waals surface area contributed by atoms with Gasteiger partial charge in [0, 0.05) is 30.7 Å². The maximum Gasteiger partial charge on any atom is 0.268 e. The van der Waals surface area contributed by atoms with Crippen LogP contribution in [0.2, 0.25) is 5.02 Å². The van der Waals surface area contributed by atoms with Gasteiger partial charge in [-0.15, -0.1) is 0 Å². The third-order valence-electron chi connectivity index (χ3n) is 4.29. The number of hydrogen-bond acceptors (Lipinski definition) is 5. The van der Waals surface area contributed by atoms with E-state index >= 15 is 0 Å². The number of carbonyl (C=O) groups is 1. The van der Waals surface area contributed by atoms with Gasteiger partial charge in [0.25, 0.3) is 10.0 Å². The van der Waals surface area contributed by atoms with Crippen molar-refractivity contribution in [1.29, 1.82) is 5.26 Å². The number of hydrogen-bond donors (Lipinski definition) is 0. The van der Waals surface area contributed by atoms with Crippen LogP contribution in [0.5, 0.6) is 0 Å². The van der Waals surface area contributed by atoms with Crippen molar-refractivity contribution in [2.75, 3.05) is 14.1 Å². The number of allylic oxidation sites excluding steroid dienone is 1. The summed E-state index contributed by atoms with van der Waals surface area (Å²) in [5, 5.41) is 10.1. The summed E-state index contributed by atoms with van der Waals surface area (Å²) < 4.78 is 27.8. The van der Waals surface area contributed by atoms with E-state index in [1.165, 1.54) is 24.4 Å². The summed E-state index contributed by atoms with van der Waals surface area (Å²) in [4.78, 5) is 14.7. The molecule has 0 amide bonds. The number of halogens is 1. The highest BCUT2D eigenvalue weighted by molar-refractivity contribution is 7.90. The third-order valence-corrected chi connectivity index (χ3v) is 6.36. The summed E-state index contributed by atoms with van der Waals surface area (Å²) in [6.45, 7) is 1.85. The van der Waals surface area contributed by atoms with E-state index in [0.29, 0.717) is 10.4 Å². The van der Waals surface area contributed by atoms with Crippen LogP contribution in [0.1, 0.15) is 16.1 Å². The lowest BCUT2D eigenvalue weighted by atomic mass is 10.1. The lowest BCUT2D eigenvalue weighted by Crippen LogP contribution is -2.20. The molecule has 0 atom stereocenters. The average Bonchev–Trinajstić information content (AvgIpc) is 3.07. The SMILES string of the molecule is Cc1ccc(S(=O)(=O)n2c(C(=O)/C(C#N)=C/N(C)C)cc3c(Cl)cccc32)cc1. The standard InChI is InChI=1S/C21H18ClN3O3S/c1-14-7-9-16(10-8-14)29(27,28)25-19-6-4-5-18(22)17(19)11-20(25)21(26)15(12-23)13-24(2)3/h4-11,13H,1-3H3/b15-13+. The molecule has 8 heteroatoms. The van der Waals surface area contributed by atoms with Crippen LogP contribution in [0.15, 0.2) is 65.2 Å². The summed E-state index contributed by atoms with van der Waals surface area (Å²) >= 11 is 6.25. The fraction of sp³-hybridized carbons (Fsp3) is 0.143. The zero-order valence-corrected chi connectivity index (χ0v) is 17.6. The van der Waals surface area contributed by atoms with Crippen molar-refractivity contribution in [2.24, 2.45) is 0 Å². The highest BCUT2D eigenvalue weighted by Gasteiger charge is 2.28. The smallest absolute Gasteiger partial charge is 0.268 e. The van der Waals surface area contributed by atoms with Gasteiger partial charge in [-0.05, 0) is 37.3 Å². The van der Waals surface area contributed by atoms with Crippen molar-refractivity contribution in [1.82, 2.24) is 8.87 Å². The Balaban J connectivity index is 2.35. The summed E-state index contributed by atoms with van der Waals surface area (Å²) in [5.74, 6) is -0.704. The molecular formula is C21H18ClN3O3S. The molecule has 0 fully saturated rings. The molecule has 0 aliphatic rings. The van der Waals surface area contributed by atoms with Crippen molar-refractivity contribution in [2.45, 2.75) is 11.8 Å². The van der Waals surface area contributed by atoms with E-state index in [9.17, 15) is 18.5 Å². The van der Waals surface area contributed by atoms with Gasteiger partial charge >= 0.3 is 0 Å². The zero-order valence-electron chi connectivity index (χ0n) is 16.0. The molecule has 0 radical (unpaired) electrons. The highest BCUT2D eigenvalue weighted by Crippen LogP contribution is 2.31. The maximum atomic E-state index is 13.4. The first-order valence-corrected chi connectivity index (χ1v) is 10.4. The van der Waals surface area contributed by atoms with Gasteiger partial charge in [-0.3, -0.25) is 4.79 Å². The van der Waals surface area contributed by atoms with Gasteiger partial charge in [0.1, 0.15) is 17.3 Å². The molecule has 0 saturated heterocycles. The summed E-state index contributed by atoms with van der Waals surface area (Å²) in [7, 11) is -0.781. The molecule has 148 valence electrons. The molecule has 29 heavy (non-hydrogen) atoms. The van der Waals surface area contributed by atoms with Crippen molar-refractivity contribution < 1.29 is 13.2 Å². The Kier molecular flexibility index (Phi) is 5.51. The second-order valence-electron chi connectivity index (χ2n) is 6.73. The fourth-order valence-electron chi connectivity index (χ4n) is 2.94. The van der Waals surface area contributed by atoms with E-state index in [-0.39, 0.29) is 21.7 Å². The van der Waals surface area contributed by atoms with E-state index in [0.717, 1.165) is 9.54 Å². The topological polar surface area (TPSA) is 83.2 Å². The van der Waals surface area contributed by atoms with Crippen LogP contribution in [0.25, 0.3) is 10.9 Å². The van der Waals surface area contributed by atoms with E-state index in [4.69, 9.17) is 11.6 Å². The van der Waals surface area contributed by atoms with Gasteiger partial charge in [0.2, 0.25) is 5.78 Å². The predicted octanol–water partition coefficient (Wildman–Crippen LogP) is 3.99. The number of nitriles is 1. The first-order valence-electron chi connectivity index (χ1n) is 8.62. The van der Waals surface area contributed by atoms with Crippen LogP contribution in [0.3, 0.4) is 0 Å². The van der Waals surface area contributed by atoms with Crippen molar-refractivity contribution >= 4 is 38.3 Å². The molecule has 0 bridgehead atoms. The minimum absolute atomic E-state index is 0.0322. The lowest BCUT2D eigenvalue weighted by Gasteiger charge is -2.12. The first kappa shape index (κ1) is 20.6. The molecule has 3 rings (SSSR count). The Morgan fingerprint density at radius 3 is 2.41 bits per heavy atom. The minimum Gasteiger partial charge on any atom is -0.382 e. The number of benzene rings is 2. The first-order chi connectivity index (χ1) is 13.7. The van der Waals surface area contributed by atoms with Crippen molar-refractivity contribution in [3.05, 3.63) is 76.6 Å². The number of Topliss-reactive ketones (excluding diaryl/α,β-unsaturated/α-hetero) is 1. The molecule has 0 N–H and O–H groups in total. The number of carbonyl (C=O) groups excluding carboxylic acids is 1. The van der Waals surface area contributed by atoms with E-state index in [2.05, 4.69) is 0 Å². The summed E-state index contributed by atoms with van der Waals surface area (Å²) in [5.41, 5.74) is 0.836. The molecule has 6 nitrogen and oxygen atoms in total.